The quantitative estimate of drug-likeness (QED) is 0.150. The SMILES string of the molecule is Cc1cccc(N(c2ccc(C3(c4ccc(N(c5cccc(C)c5)c5ccc6c(c5)C(C)(C)c5ccccc5-6)cc4)CCCCC3)cc2)c2ccc3c(c2)C(C)(C)C2=C3C(C)CC=C2)c1. The number of aryl methyl sites for hydroxylation is 2. The van der Waals surface area contributed by atoms with Gasteiger partial charge in [-0.3, -0.25) is 0 Å². The standard InChI is InChI=1S/C63H62N2/c1-42-16-13-19-49(38-42)64(51-32-34-54-53-21-9-10-22-56(53)61(4,5)58(54)40-51)47-28-24-45(25-29-47)63(36-11-8-12-37-63)46-26-30-48(31-27-46)65(50-20-14-17-43(2)39-50)52-33-35-55-59(41-52)62(6,7)57-23-15-18-44(3)60(55)57/h9-10,13-17,19-35,38-41,44H,8,11-12,18,36-37H2,1-7H3. The van der Waals surface area contributed by atoms with Crippen molar-refractivity contribution in [2.24, 2.45) is 5.92 Å². The maximum absolute atomic E-state index is 2.48. The Bertz CT molecular complexity index is 3020. The molecule has 4 aliphatic rings. The third kappa shape index (κ3) is 6.74. The van der Waals surface area contributed by atoms with Crippen molar-refractivity contribution in [3.05, 3.63) is 220 Å². The monoisotopic (exact) mass is 846 g/mol. The largest absolute Gasteiger partial charge is 0.310 e. The first kappa shape index (κ1) is 41.3. The van der Waals surface area contributed by atoms with E-state index in [0.29, 0.717) is 5.92 Å². The van der Waals surface area contributed by atoms with Gasteiger partial charge in [-0.05, 0) is 179 Å². The normalized spacial score (nSPS) is 18.4. The van der Waals surface area contributed by atoms with Crippen LogP contribution in [-0.2, 0) is 16.2 Å². The van der Waals surface area contributed by atoms with Crippen molar-refractivity contribution >= 4 is 39.7 Å². The Balaban J connectivity index is 0.961. The van der Waals surface area contributed by atoms with Crippen LogP contribution in [0.4, 0.5) is 34.1 Å². The van der Waals surface area contributed by atoms with Crippen molar-refractivity contribution in [1.82, 2.24) is 0 Å². The van der Waals surface area contributed by atoms with E-state index in [9.17, 15) is 0 Å². The third-order valence-electron chi connectivity index (χ3n) is 15.9. The van der Waals surface area contributed by atoms with Gasteiger partial charge in [0.2, 0.25) is 0 Å². The molecule has 0 bridgehead atoms. The number of anilines is 6. The molecule has 0 amide bonds. The van der Waals surface area contributed by atoms with E-state index in [-0.39, 0.29) is 16.2 Å². The summed E-state index contributed by atoms with van der Waals surface area (Å²) in [6, 6.07) is 60.6. The molecule has 4 aliphatic carbocycles. The summed E-state index contributed by atoms with van der Waals surface area (Å²) in [6.07, 6.45) is 12.0. The fraction of sp³-hybridized carbons (Fsp3) is 0.270. The number of allylic oxidation sites excluding steroid dienone is 4. The molecule has 1 saturated carbocycles. The van der Waals surface area contributed by atoms with Gasteiger partial charge < -0.3 is 9.80 Å². The van der Waals surface area contributed by atoms with Crippen LogP contribution >= 0.6 is 0 Å². The van der Waals surface area contributed by atoms with Gasteiger partial charge in [0, 0.05) is 50.4 Å². The lowest BCUT2D eigenvalue weighted by Crippen LogP contribution is -2.30. The van der Waals surface area contributed by atoms with Gasteiger partial charge in [-0.2, -0.15) is 0 Å². The van der Waals surface area contributed by atoms with Gasteiger partial charge in [-0.25, -0.2) is 0 Å². The Morgan fingerprint density at radius 1 is 0.446 bits per heavy atom. The minimum absolute atomic E-state index is 0.0431. The van der Waals surface area contributed by atoms with Gasteiger partial charge in [0.15, 0.2) is 0 Å². The summed E-state index contributed by atoms with van der Waals surface area (Å²) in [6.45, 7) is 16.4. The van der Waals surface area contributed by atoms with Crippen LogP contribution in [-0.4, -0.2) is 0 Å². The molecule has 2 heteroatoms. The summed E-state index contributed by atoms with van der Waals surface area (Å²) in [5.41, 5.74) is 23.7. The van der Waals surface area contributed by atoms with Crippen LogP contribution < -0.4 is 9.80 Å². The third-order valence-corrected chi connectivity index (χ3v) is 15.9. The predicted molar refractivity (Wildman–Crippen MR) is 276 cm³/mol. The molecule has 7 aromatic rings. The first-order chi connectivity index (χ1) is 31.4. The molecular formula is C63H62N2. The molecule has 0 heterocycles. The van der Waals surface area contributed by atoms with Crippen LogP contribution in [0.15, 0.2) is 175 Å². The van der Waals surface area contributed by atoms with Crippen LogP contribution in [0, 0.1) is 19.8 Å². The molecule has 7 aromatic carbocycles. The van der Waals surface area contributed by atoms with E-state index in [0.717, 1.165) is 19.3 Å². The number of rotatable bonds is 8. The Labute approximate surface area is 388 Å². The van der Waals surface area contributed by atoms with E-state index >= 15 is 0 Å². The van der Waals surface area contributed by atoms with Crippen LogP contribution in [0.5, 0.6) is 0 Å². The smallest absolute Gasteiger partial charge is 0.0465 e. The molecule has 0 N–H and O–H groups in total. The van der Waals surface area contributed by atoms with E-state index in [1.807, 2.05) is 0 Å². The summed E-state index contributed by atoms with van der Waals surface area (Å²) >= 11 is 0. The lowest BCUT2D eigenvalue weighted by Gasteiger charge is -2.39. The highest BCUT2D eigenvalue weighted by atomic mass is 15.1. The topological polar surface area (TPSA) is 6.48 Å². The fourth-order valence-electron chi connectivity index (χ4n) is 12.4. The number of hydrogen-bond donors (Lipinski definition) is 0. The minimum atomic E-state index is -0.0737. The summed E-state index contributed by atoms with van der Waals surface area (Å²) < 4.78 is 0. The maximum atomic E-state index is 2.48. The number of fused-ring (bicyclic) bond motifs is 5. The molecule has 2 nitrogen and oxygen atoms in total. The lowest BCUT2D eigenvalue weighted by molar-refractivity contribution is 0.346. The maximum Gasteiger partial charge on any atom is 0.0465 e. The first-order valence-electron chi connectivity index (χ1n) is 24.2. The molecule has 1 fully saturated rings. The van der Waals surface area contributed by atoms with Crippen molar-refractivity contribution in [2.45, 2.75) is 103 Å². The van der Waals surface area contributed by atoms with Gasteiger partial charge in [-0.1, -0.05) is 151 Å². The van der Waals surface area contributed by atoms with Gasteiger partial charge in [0.1, 0.15) is 0 Å². The van der Waals surface area contributed by atoms with E-state index in [1.54, 1.807) is 0 Å². The number of hydrogen-bond acceptors (Lipinski definition) is 2. The van der Waals surface area contributed by atoms with Crippen LogP contribution in [0.2, 0.25) is 0 Å². The van der Waals surface area contributed by atoms with E-state index in [1.165, 1.54) is 120 Å². The van der Waals surface area contributed by atoms with Crippen molar-refractivity contribution in [1.29, 1.82) is 0 Å². The molecule has 0 aliphatic heterocycles. The predicted octanol–water partition coefficient (Wildman–Crippen LogP) is 17.4. The zero-order valence-corrected chi connectivity index (χ0v) is 39.4. The molecule has 0 saturated heterocycles. The second-order valence-corrected chi connectivity index (χ2v) is 20.7. The second kappa shape index (κ2) is 15.7. The van der Waals surface area contributed by atoms with Crippen molar-refractivity contribution in [3.63, 3.8) is 0 Å². The molecule has 1 unspecified atom stereocenters. The van der Waals surface area contributed by atoms with Gasteiger partial charge >= 0.3 is 0 Å². The molecule has 0 radical (unpaired) electrons. The average Bonchev–Trinajstić information content (AvgIpc) is 3.69. The Morgan fingerprint density at radius 2 is 0.938 bits per heavy atom. The zero-order chi connectivity index (χ0) is 44.7. The van der Waals surface area contributed by atoms with Crippen LogP contribution in [0.25, 0.3) is 16.7 Å². The van der Waals surface area contributed by atoms with Gasteiger partial charge in [-0.15, -0.1) is 0 Å². The number of nitrogens with zero attached hydrogens (tertiary/aromatic N) is 2. The van der Waals surface area contributed by atoms with Crippen LogP contribution in [0.1, 0.15) is 118 Å². The average molecular weight is 847 g/mol. The summed E-state index contributed by atoms with van der Waals surface area (Å²) in [4.78, 5) is 4.94. The van der Waals surface area contributed by atoms with E-state index in [2.05, 4.69) is 228 Å². The van der Waals surface area contributed by atoms with Gasteiger partial charge in [0.05, 0.1) is 0 Å². The molecule has 65 heavy (non-hydrogen) atoms. The van der Waals surface area contributed by atoms with Crippen molar-refractivity contribution < 1.29 is 0 Å². The Kier molecular flexibility index (Phi) is 9.96. The lowest BCUT2D eigenvalue weighted by atomic mass is 9.65. The highest BCUT2D eigenvalue weighted by Gasteiger charge is 2.41. The Hall–Kier alpha value is -6.38. The summed E-state index contributed by atoms with van der Waals surface area (Å²) in [5, 5.41) is 0. The highest BCUT2D eigenvalue weighted by molar-refractivity contribution is 5.88. The molecule has 11 rings (SSSR count). The van der Waals surface area contributed by atoms with Crippen molar-refractivity contribution in [3.8, 4) is 11.1 Å². The summed E-state index contributed by atoms with van der Waals surface area (Å²) in [7, 11) is 0. The minimum Gasteiger partial charge on any atom is -0.310 e. The van der Waals surface area contributed by atoms with Crippen molar-refractivity contribution in [2.75, 3.05) is 9.80 Å². The first-order valence-corrected chi connectivity index (χ1v) is 24.2. The highest BCUT2D eigenvalue weighted by Crippen LogP contribution is 2.54. The van der Waals surface area contributed by atoms with E-state index in [4.69, 9.17) is 0 Å². The van der Waals surface area contributed by atoms with Crippen LogP contribution in [0.3, 0.4) is 0 Å². The fourth-order valence-corrected chi connectivity index (χ4v) is 12.4. The van der Waals surface area contributed by atoms with E-state index < -0.39 is 0 Å². The summed E-state index contributed by atoms with van der Waals surface area (Å²) in [5.74, 6) is 0.535. The molecule has 1 atom stereocenters. The van der Waals surface area contributed by atoms with Gasteiger partial charge in [0.25, 0.3) is 0 Å². The second-order valence-electron chi connectivity index (χ2n) is 20.7. The molecular weight excluding hydrogens is 785 g/mol. The zero-order valence-electron chi connectivity index (χ0n) is 39.4. The molecule has 324 valence electrons. The Morgan fingerprint density at radius 3 is 1.51 bits per heavy atom. The molecule has 0 aromatic heterocycles. The number of benzene rings is 7. The molecule has 0 spiro atoms.